The van der Waals surface area contributed by atoms with Crippen LogP contribution >= 0.6 is 0 Å². The molecule has 0 aromatic carbocycles. The number of aliphatic hydroxyl groups is 1. The highest BCUT2D eigenvalue weighted by Crippen LogP contribution is 2.22. The molecule has 0 bridgehead atoms. The number of aliphatic hydroxyl groups excluding tert-OH is 1. The number of nitrogens with zero attached hydrogens (tertiary/aromatic N) is 2. The first-order chi connectivity index (χ1) is 9.20. The summed E-state index contributed by atoms with van der Waals surface area (Å²) in [7, 11) is 0. The molecule has 2 heterocycles. The van der Waals surface area contributed by atoms with Gasteiger partial charge in [-0.15, -0.1) is 0 Å². The average molecular weight is 263 g/mol. The van der Waals surface area contributed by atoms with Crippen LogP contribution in [0.15, 0.2) is 18.2 Å². The number of anilines is 1. The predicted octanol–water partition coefficient (Wildman–Crippen LogP) is 1.29. The van der Waals surface area contributed by atoms with Crippen LogP contribution in [0.5, 0.6) is 0 Å². The number of carbonyl (C=O) groups is 1. The molecule has 1 amide bonds. The van der Waals surface area contributed by atoms with E-state index in [1.54, 1.807) is 18.2 Å². The first-order valence-electron chi connectivity index (χ1n) is 6.83. The summed E-state index contributed by atoms with van der Waals surface area (Å²) < 4.78 is 0. The van der Waals surface area contributed by atoms with Crippen molar-refractivity contribution in [3.8, 4) is 0 Å². The van der Waals surface area contributed by atoms with Gasteiger partial charge in [-0.3, -0.25) is 4.79 Å². The Kier molecular flexibility index (Phi) is 4.74. The van der Waals surface area contributed by atoms with Gasteiger partial charge in [0.15, 0.2) is 0 Å². The number of aromatic nitrogens is 1. The van der Waals surface area contributed by atoms with Crippen LogP contribution in [-0.4, -0.2) is 40.6 Å². The van der Waals surface area contributed by atoms with Gasteiger partial charge in [-0.25, -0.2) is 4.98 Å². The maximum atomic E-state index is 12.3. The average Bonchev–Trinajstić information content (AvgIpc) is 2.44. The molecule has 0 spiro atoms. The highest BCUT2D eigenvalue weighted by Gasteiger charge is 2.24. The number of piperidine rings is 1. The van der Waals surface area contributed by atoms with Crippen LogP contribution in [0.1, 0.15) is 36.2 Å². The quantitative estimate of drug-likeness (QED) is 0.858. The van der Waals surface area contributed by atoms with E-state index < -0.39 is 0 Å². The minimum Gasteiger partial charge on any atom is -0.396 e. The third-order valence-corrected chi connectivity index (χ3v) is 3.57. The molecule has 1 aliphatic heterocycles. The molecule has 0 radical (unpaired) electrons. The van der Waals surface area contributed by atoms with Gasteiger partial charge in [0, 0.05) is 19.7 Å². The van der Waals surface area contributed by atoms with Crippen molar-refractivity contribution in [2.24, 2.45) is 5.92 Å². The Balaban J connectivity index is 1.99. The Morgan fingerprint density at radius 2 is 2.37 bits per heavy atom. The van der Waals surface area contributed by atoms with E-state index in [1.807, 2.05) is 4.90 Å². The van der Waals surface area contributed by atoms with E-state index in [2.05, 4.69) is 4.98 Å². The monoisotopic (exact) mass is 263 g/mol. The Hall–Kier alpha value is -1.62. The van der Waals surface area contributed by atoms with Crippen molar-refractivity contribution in [3.63, 3.8) is 0 Å². The fraction of sp³-hybridized carbons (Fsp3) is 0.571. The molecule has 0 unspecified atom stereocenters. The zero-order chi connectivity index (χ0) is 13.7. The summed E-state index contributed by atoms with van der Waals surface area (Å²) in [4.78, 5) is 18.3. The van der Waals surface area contributed by atoms with Gasteiger partial charge in [-0.05, 0) is 43.7 Å². The molecule has 1 atom stereocenters. The van der Waals surface area contributed by atoms with Crippen LogP contribution in [0.25, 0.3) is 0 Å². The van der Waals surface area contributed by atoms with Crippen molar-refractivity contribution < 1.29 is 9.90 Å². The van der Waals surface area contributed by atoms with Gasteiger partial charge in [-0.2, -0.15) is 0 Å². The van der Waals surface area contributed by atoms with Gasteiger partial charge < -0.3 is 15.7 Å². The fourth-order valence-corrected chi connectivity index (χ4v) is 2.60. The Bertz CT molecular complexity index is 436. The number of amides is 1. The molecule has 0 aliphatic carbocycles. The van der Waals surface area contributed by atoms with Crippen molar-refractivity contribution >= 4 is 11.7 Å². The summed E-state index contributed by atoms with van der Waals surface area (Å²) >= 11 is 0. The third kappa shape index (κ3) is 3.67. The fourth-order valence-electron chi connectivity index (χ4n) is 2.60. The molecule has 104 valence electrons. The van der Waals surface area contributed by atoms with Crippen LogP contribution in [-0.2, 0) is 0 Å². The molecular formula is C14H21N3O2. The number of nitrogens with two attached hydrogens (primary N) is 1. The summed E-state index contributed by atoms with van der Waals surface area (Å²) in [5.41, 5.74) is 6.03. The minimum atomic E-state index is -0.0407. The second-order valence-corrected chi connectivity index (χ2v) is 5.07. The highest BCUT2D eigenvalue weighted by molar-refractivity contribution is 5.92. The smallest absolute Gasteiger partial charge is 0.272 e. The van der Waals surface area contributed by atoms with E-state index in [1.165, 1.54) is 0 Å². The van der Waals surface area contributed by atoms with E-state index in [9.17, 15) is 4.79 Å². The number of nitrogen functional groups attached to an aromatic ring is 1. The van der Waals surface area contributed by atoms with Gasteiger partial charge in [-0.1, -0.05) is 6.07 Å². The van der Waals surface area contributed by atoms with Crippen LogP contribution in [0.2, 0.25) is 0 Å². The maximum Gasteiger partial charge on any atom is 0.272 e. The van der Waals surface area contributed by atoms with Crippen molar-refractivity contribution in [2.75, 3.05) is 25.4 Å². The lowest BCUT2D eigenvalue weighted by Crippen LogP contribution is -2.40. The topological polar surface area (TPSA) is 79.5 Å². The Labute approximate surface area is 113 Å². The zero-order valence-electron chi connectivity index (χ0n) is 11.1. The van der Waals surface area contributed by atoms with Crippen molar-refractivity contribution in [1.82, 2.24) is 9.88 Å². The second kappa shape index (κ2) is 6.52. The Morgan fingerprint density at radius 3 is 3.11 bits per heavy atom. The standard InChI is InChI=1S/C14H21N3O2/c15-13-7-1-6-12(16-13)14(19)17-8-2-4-11(10-17)5-3-9-18/h1,6-7,11,18H,2-5,8-10H2,(H2,15,16)/t11-/m1/s1. The van der Waals surface area contributed by atoms with E-state index in [4.69, 9.17) is 10.8 Å². The molecule has 5 heteroatoms. The summed E-state index contributed by atoms with van der Waals surface area (Å²) in [6.45, 7) is 1.77. The maximum absolute atomic E-state index is 12.3. The molecule has 2 rings (SSSR count). The normalized spacial score (nSPS) is 19.4. The van der Waals surface area contributed by atoms with Gasteiger partial charge in [0.2, 0.25) is 0 Å². The number of rotatable bonds is 4. The first-order valence-corrected chi connectivity index (χ1v) is 6.83. The van der Waals surface area contributed by atoms with Crippen LogP contribution in [0.3, 0.4) is 0 Å². The molecule has 19 heavy (non-hydrogen) atoms. The van der Waals surface area contributed by atoms with E-state index in [0.717, 1.165) is 38.8 Å². The lowest BCUT2D eigenvalue weighted by atomic mass is 9.93. The molecule has 5 nitrogen and oxygen atoms in total. The summed E-state index contributed by atoms with van der Waals surface area (Å²) in [5.74, 6) is 0.826. The van der Waals surface area contributed by atoms with E-state index in [0.29, 0.717) is 17.4 Å². The van der Waals surface area contributed by atoms with Crippen molar-refractivity contribution in [2.45, 2.75) is 25.7 Å². The van der Waals surface area contributed by atoms with Crippen molar-refractivity contribution in [1.29, 1.82) is 0 Å². The summed E-state index contributed by atoms with van der Waals surface area (Å²) in [6.07, 6.45) is 3.94. The first kappa shape index (κ1) is 13.8. The Morgan fingerprint density at radius 1 is 1.53 bits per heavy atom. The summed E-state index contributed by atoms with van der Waals surface area (Å²) in [6, 6.07) is 5.13. The second-order valence-electron chi connectivity index (χ2n) is 5.07. The molecule has 3 N–H and O–H groups in total. The van der Waals surface area contributed by atoms with Crippen LogP contribution < -0.4 is 5.73 Å². The third-order valence-electron chi connectivity index (χ3n) is 3.57. The SMILES string of the molecule is Nc1cccc(C(=O)N2CCC[C@H](CCCO)C2)n1. The molecule has 1 aromatic heterocycles. The number of hydrogen-bond donors (Lipinski definition) is 2. The molecular weight excluding hydrogens is 242 g/mol. The molecule has 1 aromatic rings. The van der Waals surface area contributed by atoms with Crippen LogP contribution in [0.4, 0.5) is 5.82 Å². The number of hydrogen-bond acceptors (Lipinski definition) is 4. The van der Waals surface area contributed by atoms with Gasteiger partial charge in [0.05, 0.1) is 0 Å². The van der Waals surface area contributed by atoms with Crippen LogP contribution in [0, 0.1) is 5.92 Å². The van der Waals surface area contributed by atoms with Gasteiger partial charge >= 0.3 is 0 Å². The number of pyridine rings is 1. The van der Waals surface area contributed by atoms with Gasteiger partial charge in [0.25, 0.3) is 5.91 Å². The number of likely N-dealkylation sites (tertiary alicyclic amines) is 1. The summed E-state index contributed by atoms with van der Waals surface area (Å²) in [5, 5.41) is 8.88. The molecule has 1 saturated heterocycles. The molecule has 1 fully saturated rings. The van der Waals surface area contributed by atoms with E-state index in [-0.39, 0.29) is 12.5 Å². The predicted molar refractivity (Wildman–Crippen MR) is 73.6 cm³/mol. The van der Waals surface area contributed by atoms with Crippen molar-refractivity contribution in [3.05, 3.63) is 23.9 Å². The lowest BCUT2D eigenvalue weighted by Gasteiger charge is -2.32. The molecule has 1 aliphatic rings. The molecule has 0 saturated carbocycles. The largest absolute Gasteiger partial charge is 0.396 e. The zero-order valence-corrected chi connectivity index (χ0v) is 11.1. The highest BCUT2D eigenvalue weighted by atomic mass is 16.2. The lowest BCUT2D eigenvalue weighted by molar-refractivity contribution is 0.0658. The minimum absolute atomic E-state index is 0.0407. The van der Waals surface area contributed by atoms with Gasteiger partial charge in [0.1, 0.15) is 11.5 Å². The number of carbonyl (C=O) groups excluding carboxylic acids is 1. The van der Waals surface area contributed by atoms with E-state index >= 15 is 0 Å².